The third-order valence-electron chi connectivity index (χ3n) is 4.69. The zero-order chi connectivity index (χ0) is 22.4. The van der Waals surface area contributed by atoms with Gasteiger partial charge in [0, 0.05) is 13.1 Å². The van der Waals surface area contributed by atoms with E-state index in [1.54, 1.807) is 32.4 Å². The van der Waals surface area contributed by atoms with Gasteiger partial charge in [0.25, 0.3) is 0 Å². The molecular weight excluding hydrogens is 416 g/mol. The van der Waals surface area contributed by atoms with E-state index in [1.807, 2.05) is 43.7 Å². The number of methoxy groups -OCH3 is 2. The van der Waals surface area contributed by atoms with Gasteiger partial charge in [0.05, 0.1) is 25.7 Å². The zero-order valence-electron chi connectivity index (χ0n) is 18.3. The molecule has 3 aromatic rings. The lowest BCUT2D eigenvalue weighted by atomic mass is 10.1. The second kappa shape index (κ2) is 10.2. The minimum Gasteiger partial charge on any atom is -0.497 e. The number of carbonyl (C=O) groups excluding carboxylic acids is 1. The number of aryl methyl sites for hydroxylation is 2. The Kier molecular flexibility index (Phi) is 7.41. The smallest absolute Gasteiger partial charge is 0.234 e. The Balaban J connectivity index is 1.58. The van der Waals surface area contributed by atoms with E-state index in [1.165, 1.54) is 11.8 Å². The highest BCUT2D eigenvalue weighted by Gasteiger charge is 2.14. The number of aromatic nitrogens is 3. The summed E-state index contributed by atoms with van der Waals surface area (Å²) in [6.07, 6.45) is 0. The van der Waals surface area contributed by atoms with Gasteiger partial charge in [-0.3, -0.25) is 4.79 Å². The second-order valence-corrected chi connectivity index (χ2v) is 7.81. The molecule has 3 rings (SSSR count). The predicted molar refractivity (Wildman–Crippen MR) is 120 cm³/mol. The largest absolute Gasteiger partial charge is 0.497 e. The second-order valence-electron chi connectivity index (χ2n) is 6.87. The lowest BCUT2D eigenvalue weighted by Gasteiger charge is -2.12. The number of thioether (sulfide) groups is 1. The lowest BCUT2D eigenvalue weighted by molar-refractivity contribution is -0.113. The molecule has 164 valence electrons. The van der Waals surface area contributed by atoms with Crippen molar-refractivity contribution >= 4 is 23.4 Å². The van der Waals surface area contributed by atoms with Crippen molar-refractivity contribution in [3.63, 3.8) is 0 Å². The number of rotatable bonds is 9. The molecule has 0 bridgehead atoms. The van der Waals surface area contributed by atoms with Crippen molar-refractivity contribution in [1.82, 2.24) is 14.8 Å². The Labute approximate surface area is 185 Å². The number of nitrogens with one attached hydrogen (secondary N) is 1. The van der Waals surface area contributed by atoms with E-state index >= 15 is 0 Å². The summed E-state index contributed by atoms with van der Waals surface area (Å²) in [5.74, 6) is 2.72. The first-order valence-electron chi connectivity index (χ1n) is 9.65. The van der Waals surface area contributed by atoms with Crippen LogP contribution in [0.15, 0.2) is 41.6 Å². The summed E-state index contributed by atoms with van der Waals surface area (Å²) >= 11 is 1.30. The van der Waals surface area contributed by atoms with Gasteiger partial charge in [0.1, 0.15) is 23.9 Å². The average Bonchev–Trinajstić information content (AvgIpc) is 3.11. The standard InChI is InChI=1S/C22H26N4O4S/c1-14-7-6-8-15(2)21(14)30-12-19-24-25-22(26(19)3)31-13-20(27)23-17-10-9-16(28-4)11-18(17)29-5/h6-11H,12-13H2,1-5H3,(H,23,27). The van der Waals surface area contributed by atoms with E-state index in [4.69, 9.17) is 14.2 Å². The third-order valence-corrected chi connectivity index (χ3v) is 5.71. The molecule has 8 nitrogen and oxygen atoms in total. The first-order chi connectivity index (χ1) is 14.9. The van der Waals surface area contributed by atoms with Gasteiger partial charge in [-0.05, 0) is 37.1 Å². The van der Waals surface area contributed by atoms with Gasteiger partial charge in [-0.15, -0.1) is 10.2 Å². The van der Waals surface area contributed by atoms with Crippen LogP contribution in [-0.4, -0.2) is 40.6 Å². The van der Waals surface area contributed by atoms with E-state index in [0.29, 0.717) is 34.8 Å². The van der Waals surface area contributed by atoms with Crippen LogP contribution < -0.4 is 19.5 Å². The van der Waals surface area contributed by atoms with Crippen molar-refractivity contribution in [2.24, 2.45) is 7.05 Å². The van der Waals surface area contributed by atoms with Crippen LogP contribution in [0.5, 0.6) is 17.2 Å². The Bertz CT molecular complexity index is 1050. The molecule has 1 N–H and O–H groups in total. The molecule has 0 saturated carbocycles. The van der Waals surface area contributed by atoms with Gasteiger partial charge in [-0.1, -0.05) is 30.0 Å². The molecule has 0 saturated heterocycles. The van der Waals surface area contributed by atoms with Crippen molar-refractivity contribution in [3.8, 4) is 17.2 Å². The number of para-hydroxylation sites is 1. The van der Waals surface area contributed by atoms with Crippen molar-refractivity contribution in [2.45, 2.75) is 25.6 Å². The van der Waals surface area contributed by atoms with Gasteiger partial charge in [0.15, 0.2) is 11.0 Å². The molecule has 0 aliphatic carbocycles. The van der Waals surface area contributed by atoms with E-state index in [0.717, 1.165) is 16.9 Å². The fourth-order valence-corrected chi connectivity index (χ4v) is 3.71. The molecular formula is C22H26N4O4S. The summed E-state index contributed by atoms with van der Waals surface area (Å²) in [5, 5.41) is 11.9. The molecule has 0 radical (unpaired) electrons. The van der Waals surface area contributed by atoms with Crippen LogP contribution in [0.1, 0.15) is 17.0 Å². The first-order valence-corrected chi connectivity index (χ1v) is 10.6. The first kappa shape index (κ1) is 22.5. The number of carbonyl (C=O) groups is 1. The van der Waals surface area contributed by atoms with Crippen molar-refractivity contribution in [3.05, 3.63) is 53.3 Å². The van der Waals surface area contributed by atoms with Crippen LogP contribution in [0.3, 0.4) is 0 Å². The zero-order valence-corrected chi connectivity index (χ0v) is 19.1. The molecule has 0 aliphatic rings. The van der Waals surface area contributed by atoms with E-state index in [9.17, 15) is 4.79 Å². The Morgan fingerprint density at radius 2 is 1.84 bits per heavy atom. The molecule has 1 amide bonds. The Morgan fingerprint density at radius 1 is 1.10 bits per heavy atom. The quantitative estimate of drug-likeness (QED) is 0.505. The maximum absolute atomic E-state index is 12.4. The number of anilines is 1. The van der Waals surface area contributed by atoms with Crippen LogP contribution in [0.4, 0.5) is 5.69 Å². The maximum atomic E-state index is 12.4. The molecule has 1 aromatic heterocycles. The fraction of sp³-hybridized carbons (Fsp3) is 0.318. The molecule has 0 atom stereocenters. The molecule has 0 spiro atoms. The number of ether oxygens (including phenoxy) is 3. The highest BCUT2D eigenvalue weighted by Crippen LogP contribution is 2.29. The van der Waals surface area contributed by atoms with E-state index in [2.05, 4.69) is 15.5 Å². The molecule has 0 unspecified atom stereocenters. The number of hydrogen-bond donors (Lipinski definition) is 1. The average molecular weight is 443 g/mol. The monoisotopic (exact) mass is 442 g/mol. The van der Waals surface area contributed by atoms with Gasteiger partial charge < -0.3 is 24.1 Å². The Morgan fingerprint density at radius 3 is 2.52 bits per heavy atom. The normalized spacial score (nSPS) is 10.6. The van der Waals surface area contributed by atoms with E-state index < -0.39 is 0 Å². The summed E-state index contributed by atoms with van der Waals surface area (Å²) in [4.78, 5) is 12.4. The van der Waals surface area contributed by atoms with Crippen molar-refractivity contribution in [2.75, 3.05) is 25.3 Å². The minimum absolute atomic E-state index is 0.176. The maximum Gasteiger partial charge on any atom is 0.234 e. The van der Waals surface area contributed by atoms with Gasteiger partial charge in [0.2, 0.25) is 5.91 Å². The number of nitrogens with zero attached hydrogens (tertiary/aromatic N) is 3. The SMILES string of the molecule is COc1ccc(NC(=O)CSc2nnc(COc3c(C)cccc3C)n2C)c(OC)c1. The van der Waals surface area contributed by atoms with Crippen LogP contribution in [0.25, 0.3) is 0 Å². The van der Waals surface area contributed by atoms with Gasteiger partial charge in [-0.25, -0.2) is 0 Å². The van der Waals surface area contributed by atoms with Crippen molar-refractivity contribution in [1.29, 1.82) is 0 Å². The van der Waals surface area contributed by atoms with E-state index in [-0.39, 0.29) is 11.7 Å². The molecule has 0 fully saturated rings. The third kappa shape index (κ3) is 5.49. The highest BCUT2D eigenvalue weighted by atomic mass is 32.2. The topological polar surface area (TPSA) is 87.5 Å². The summed E-state index contributed by atoms with van der Waals surface area (Å²) in [6, 6.07) is 11.2. The Hall–Kier alpha value is -3.20. The van der Waals surface area contributed by atoms with Gasteiger partial charge >= 0.3 is 0 Å². The van der Waals surface area contributed by atoms with Crippen LogP contribution in [0.2, 0.25) is 0 Å². The molecule has 9 heteroatoms. The molecule has 0 aliphatic heterocycles. The summed E-state index contributed by atoms with van der Waals surface area (Å²) in [7, 11) is 4.98. The minimum atomic E-state index is -0.176. The summed E-state index contributed by atoms with van der Waals surface area (Å²) in [6.45, 7) is 4.32. The molecule has 31 heavy (non-hydrogen) atoms. The van der Waals surface area contributed by atoms with Crippen LogP contribution >= 0.6 is 11.8 Å². The molecule has 2 aromatic carbocycles. The highest BCUT2D eigenvalue weighted by molar-refractivity contribution is 7.99. The predicted octanol–water partition coefficient (Wildman–Crippen LogP) is 3.76. The summed E-state index contributed by atoms with van der Waals surface area (Å²) in [5.41, 5.74) is 2.72. The molecule has 1 heterocycles. The van der Waals surface area contributed by atoms with Crippen molar-refractivity contribution < 1.29 is 19.0 Å². The number of amides is 1. The number of hydrogen-bond acceptors (Lipinski definition) is 7. The lowest BCUT2D eigenvalue weighted by Crippen LogP contribution is -2.15. The summed E-state index contributed by atoms with van der Waals surface area (Å²) < 4.78 is 18.3. The number of benzene rings is 2. The fourth-order valence-electron chi connectivity index (χ4n) is 2.98. The van der Waals surface area contributed by atoms with Crippen LogP contribution in [0, 0.1) is 13.8 Å². The van der Waals surface area contributed by atoms with Crippen LogP contribution in [-0.2, 0) is 18.4 Å². The van der Waals surface area contributed by atoms with Gasteiger partial charge in [-0.2, -0.15) is 0 Å².